The Morgan fingerprint density at radius 2 is 1.61 bits per heavy atom. The molecule has 4 aromatic rings. The molecular formula is C19H12N2O2. The van der Waals surface area contributed by atoms with Crippen LogP contribution in [0.15, 0.2) is 73.1 Å². The summed E-state index contributed by atoms with van der Waals surface area (Å²) in [6.07, 6.45) is 3.17. The zero-order chi connectivity index (χ0) is 15.8. The van der Waals surface area contributed by atoms with Crippen LogP contribution in [-0.2, 0) is 0 Å². The molecule has 0 amide bonds. The van der Waals surface area contributed by atoms with E-state index >= 15 is 0 Å². The molecule has 2 heterocycles. The van der Waals surface area contributed by atoms with Crippen LogP contribution in [-0.4, -0.2) is 21.0 Å². The second kappa shape index (κ2) is 5.18. The predicted molar refractivity (Wildman–Crippen MR) is 87.8 cm³/mol. The van der Waals surface area contributed by atoms with E-state index in [0.29, 0.717) is 11.2 Å². The first-order valence-electron chi connectivity index (χ1n) is 7.24. The molecule has 2 aromatic carbocycles. The van der Waals surface area contributed by atoms with Gasteiger partial charge < -0.3 is 0 Å². The van der Waals surface area contributed by atoms with Gasteiger partial charge in [0.15, 0.2) is 0 Å². The molecule has 2 aromatic heterocycles. The van der Waals surface area contributed by atoms with Crippen molar-refractivity contribution in [2.24, 2.45) is 0 Å². The lowest BCUT2D eigenvalue weighted by molar-refractivity contribution is 0.0813. The lowest BCUT2D eigenvalue weighted by Crippen LogP contribution is -2.16. The Kier molecular flexibility index (Phi) is 3.01. The molecule has 0 aliphatic rings. The molecule has 4 rings (SSSR count). The third-order valence-electron chi connectivity index (χ3n) is 3.87. The summed E-state index contributed by atoms with van der Waals surface area (Å²) in [5.41, 5.74) is 1.31. The molecule has 0 radical (unpaired) electrons. The van der Waals surface area contributed by atoms with Crippen molar-refractivity contribution in [3.05, 3.63) is 84.3 Å². The summed E-state index contributed by atoms with van der Waals surface area (Å²) < 4.78 is 1.63. The van der Waals surface area contributed by atoms with Gasteiger partial charge in [-0.1, -0.05) is 42.5 Å². The highest BCUT2D eigenvalue weighted by Gasteiger charge is 2.21. The van der Waals surface area contributed by atoms with E-state index in [1.807, 2.05) is 36.4 Å². The number of benzene rings is 2. The van der Waals surface area contributed by atoms with Crippen LogP contribution in [0.1, 0.15) is 20.8 Å². The number of hydrogen-bond donors (Lipinski definition) is 0. The summed E-state index contributed by atoms with van der Waals surface area (Å²) in [7, 11) is 0. The molecular weight excluding hydrogens is 288 g/mol. The Labute approximate surface area is 132 Å². The Bertz CT molecular complexity index is 1060. The molecule has 110 valence electrons. The van der Waals surface area contributed by atoms with Gasteiger partial charge >= 0.3 is 0 Å². The molecule has 0 bridgehead atoms. The molecule has 0 saturated carbocycles. The first-order valence-corrected chi connectivity index (χ1v) is 7.24. The zero-order valence-corrected chi connectivity index (χ0v) is 12.1. The molecule has 0 aliphatic carbocycles. The lowest BCUT2D eigenvalue weighted by atomic mass is 10.0. The molecule has 23 heavy (non-hydrogen) atoms. The number of carbonyl (C=O) groups excluding carboxylic acids is 2. The van der Waals surface area contributed by atoms with Crippen LogP contribution in [0.3, 0.4) is 0 Å². The van der Waals surface area contributed by atoms with E-state index in [1.165, 1.54) is 6.20 Å². The average Bonchev–Trinajstić information content (AvgIpc) is 3.04. The van der Waals surface area contributed by atoms with Gasteiger partial charge in [-0.2, -0.15) is 0 Å². The van der Waals surface area contributed by atoms with Gasteiger partial charge in [-0.25, -0.2) is 4.98 Å². The molecule has 4 heteroatoms. The minimum Gasteiger partial charge on any atom is -0.297 e. The van der Waals surface area contributed by atoms with Gasteiger partial charge in [0.1, 0.15) is 11.3 Å². The van der Waals surface area contributed by atoms with Gasteiger partial charge in [0, 0.05) is 11.8 Å². The average molecular weight is 300 g/mol. The van der Waals surface area contributed by atoms with Crippen LogP contribution < -0.4 is 0 Å². The summed E-state index contributed by atoms with van der Waals surface area (Å²) in [5, 5.41) is 1.97. The van der Waals surface area contributed by atoms with Gasteiger partial charge in [0.25, 0.3) is 5.78 Å². The largest absolute Gasteiger partial charge is 0.297 e. The minimum atomic E-state index is -0.556. The summed E-state index contributed by atoms with van der Waals surface area (Å²) in [4.78, 5) is 29.2. The Hall–Kier alpha value is -3.27. The fourth-order valence-electron chi connectivity index (χ4n) is 2.68. The third kappa shape index (κ3) is 2.21. The normalized spacial score (nSPS) is 11.0. The highest BCUT2D eigenvalue weighted by Crippen LogP contribution is 2.17. The number of ketones is 2. The maximum atomic E-state index is 12.5. The van der Waals surface area contributed by atoms with Crippen molar-refractivity contribution in [2.75, 3.05) is 0 Å². The summed E-state index contributed by atoms with van der Waals surface area (Å²) >= 11 is 0. The fourth-order valence-corrected chi connectivity index (χ4v) is 2.68. The number of Topliss-reactive ketones (excluding diaryl/α,β-unsaturated/α-hetero) is 2. The molecule has 0 N–H and O–H groups in total. The van der Waals surface area contributed by atoms with Crippen LogP contribution in [0.2, 0.25) is 0 Å². The number of imidazole rings is 1. The van der Waals surface area contributed by atoms with Crippen LogP contribution in [0.5, 0.6) is 0 Å². The standard InChI is InChI=1S/C19H12N2O2/c22-18(15-9-8-13-5-1-2-6-14(13)11-15)19(23)16-12-20-17-7-3-4-10-21(16)17/h1-12H. The van der Waals surface area contributed by atoms with Crippen molar-refractivity contribution >= 4 is 28.0 Å². The highest BCUT2D eigenvalue weighted by molar-refractivity contribution is 6.49. The van der Waals surface area contributed by atoms with E-state index in [4.69, 9.17) is 0 Å². The molecule has 0 aliphatic heterocycles. The molecule has 0 saturated heterocycles. The molecule has 0 unspecified atom stereocenters. The van der Waals surface area contributed by atoms with Crippen molar-refractivity contribution < 1.29 is 9.59 Å². The number of aromatic nitrogens is 2. The van der Waals surface area contributed by atoms with Crippen molar-refractivity contribution in [1.82, 2.24) is 9.38 Å². The smallest absolute Gasteiger partial charge is 0.251 e. The van der Waals surface area contributed by atoms with Crippen LogP contribution in [0.4, 0.5) is 0 Å². The summed E-state index contributed by atoms with van der Waals surface area (Å²) in [5.74, 6) is -1.08. The van der Waals surface area contributed by atoms with E-state index in [1.54, 1.807) is 34.9 Å². The first-order chi connectivity index (χ1) is 11.2. The van der Waals surface area contributed by atoms with E-state index in [9.17, 15) is 9.59 Å². The molecule has 0 atom stereocenters. The van der Waals surface area contributed by atoms with Gasteiger partial charge in [0.05, 0.1) is 6.20 Å². The highest BCUT2D eigenvalue weighted by atomic mass is 16.2. The van der Waals surface area contributed by atoms with Crippen LogP contribution in [0, 0.1) is 0 Å². The molecule has 0 spiro atoms. The Morgan fingerprint density at radius 3 is 2.48 bits per heavy atom. The molecule has 0 fully saturated rings. The van der Waals surface area contributed by atoms with E-state index in [2.05, 4.69) is 4.98 Å². The number of carbonyl (C=O) groups is 2. The quantitative estimate of drug-likeness (QED) is 0.429. The van der Waals surface area contributed by atoms with Crippen molar-refractivity contribution in [3.63, 3.8) is 0 Å². The van der Waals surface area contributed by atoms with Crippen LogP contribution in [0.25, 0.3) is 16.4 Å². The summed E-state index contributed by atoms with van der Waals surface area (Å²) in [6.45, 7) is 0. The Morgan fingerprint density at radius 1 is 0.826 bits per heavy atom. The van der Waals surface area contributed by atoms with Gasteiger partial charge in [-0.15, -0.1) is 0 Å². The van der Waals surface area contributed by atoms with E-state index in [0.717, 1.165) is 10.8 Å². The number of hydrogen-bond acceptors (Lipinski definition) is 3. The van der Waals surface area contributed by atoms with Gasteiger partial charge in [-0.3, -0.25) is 14.0 Å². The lowest BCUT2D eigenvalue weighted by Gasteiger charge is -2.03. The van der Waals surface area contributed by atoms with E-state index < -0.39 is 11.6 Å². The predicted octanol–water partition coefficient (Wildman–Crippen LogP) is 3.55. The maximum absolute atomic E-state index is 12.5. The second-order valence-electron chi connectivity index (χ2n) is 5.29. The zero-order valence-electron chi connectivity index (χ0n) is 12.1. The SMILES string of the molecule is O=C(C(=O)c1cnc2ccccn12)c1ccc2ccccc2c1. The third-order valence-corrected chi connectivity index (χ3v) is 3.87. The van der Waals surface area contributed by atoms with Crippen LogP contribution >= 0.6 is 0 Å². The van der Waals surface area contributed by atoms with Gasteiger partial charge in [0.2, 0.25) is 5.78 Å². The monoisotopic (exact) mass is 300 g/mol. The van der Waals surface area contributed by atoms with Gasteiger partial charge in [-0.05, 0) is 29.0 Å². The molecule has 4 nitrogen and oxygen atoms in total. The van der Waals surface area contributed by atoms with E-state index in [-0.39, 0.29) is 5.69 Å². The topological polar surface area (TPSA) is 51.4 Å². The summed E-state index contributed by atoms with van der Waals surface area (Å²) in [6, 6.07) is 18.4. The first kappa shape index (κ1) is 13.4. The number of pyridine rings is 1. The number of fused-ring (bicyclic) bond motifs is 2. The number of rotatable bonds is 3. The second-order valence-corrected chi connectivity index (χ2v) is 5.29. The fraction of sp³-hybridized carbons (Fsp3) is 0. The maximum Gasteiger partial charge on any atom is 0.251 e. The van der Waals surface area contributed by atoms with Crippen molar-refractivity contribution in [2.45, 2.75) is 0 Å². The minimum absolute atomic E-state index is 0.277. The Balaban J connectivity index is 1.76. The number of nitrogens with zero attached hydrogens (tertiary/aromatic N) is 2. The van der Waals surface area contributed by atoms with Crippen molar-refractivity contribution in [3.8, 4) is 0 Å². The van der Waals surface area contributed by atoms with Crippen molar-refractivity contribution in [1.29, 1.82) is 0 Å².